The molecular weight excluding hydrogens is 432 g/mol. The van der Waals surface area contributed by atoms with E-state index < -0.39 is 0 Å². The van der Waals surface area contributed by atoms with Crippen molar-refractivity contribution in [3.8, 4) is 22.1 Å². The minimum atomic E-state index is 0.617. The number of nitrogens with zero attached hydrogens (tertiary/aromatic N) is 3. The molecule has 0 aliphatic heterocycles. The molecule has 5 aromatic rings. The van der Waals surface area contributed by atoms with Crippen molar-refractivity contribution >= 4 is 55.6 Å². The summed E-state index contributed by atoms with van der Waals surface area (Å²) in [6, 6.07) is 17.5. The average molecular weight is 449 g/mol. The van der Waals surface area contributed by atoms with E-state index in [9.17, 15) is 0 Å². The van der Waals surface area contributed by atoms with E-state index in [0.717, 1.165) is 31.9 Å². The number of aromatic nitrogens is 3. The lowest BCUT2D eigenvalue weighted by atomic mass is 10.1. The Bertz CT molecular complexity index is 1390. The van der Waals surface area contributed by atoms with E-state index in [-0.39, 0.29) is 0 Å². The van der Waals surface area contributed by atoms with Gasteiger partial charge in [-0.15, -0.1) is 11.3 Å². The molecule has 0 bridgehead atoms. The van der Waals surface area contributed by atoms with Crippen molar-refractivity contribution in [2.24, 2.45) is 0 Å². The average Bonchev–Trinajstić information content (AvgIpc) is 3.24. The van der Waals surface area contributed by atoms with Crippen LogP contribution in [0.3, 0.4) is 0 Å². The van der Waals surface area contributed by atoms with Gasteiger partial charge in [-0.1, -0.05) is 23.7 Å². The van der Waals surface area contributed by atoms with Crippen LogP contribution in [0.5, 0.6) is 11.5 Å². The van der Waals surface area contributed by atoms with Crippen molar-refractivity contribution < 1.29 is 9.47 Å². The Hall–Kier alpha value is -3.42. The highest BCUT2D eigenvalue weighted by Crippen LogP contribution is 2.38. The monoisotopic (exact) mass is 448 g/mol. The summed E-state index contributed by atoms with van der Waals surface area (Å²) in [5, 5.41) is 5.67. The summed E-state index contributed by atoms with van der Waals surface area (Å²) in [4.78, 5) is 13.5. The van der Waals surface area contributed by atoms with E-state index >= 15 is 0 Å². The van der Waals surface area contributed by atoms with Gasteiger partial charge in [0.25, 0.3) is 0 Å². The SMILES string of the molecule is COc1cc(OC)c2ncnc(Nc3ccc(Cl)c(-c4nc5ccccc5s4)c3)c2c1. The topological polar surface area (TPSA) is 69.2 Å². The molecule has 31 heavy (non-hydrogen) atoms. The van der Waals surface area contributed by atoms with Gasteiger partial charge in [0.2, 0.25) is 0 Å². The Morgan fingerprint density at radius 3 is 2.65 bits per heavy atom. The molecule has 0 aliphatic rings. The standard InChI is InChI=1S/C23H17ClN4O2S/c1-29-14-10-16-21(19(11-14)30-2)25-12-26-22(16)27-13-7-8-17(24)15(9-13)23-28-18-5-3-4-6-20(18)31-23/h3-12H,1-2H3,(H,25,26,27). The van der Waals surface area contributed by atoms with Crippen LogP contribution in [-0.2, 0) is 0 Å². The Kier molecular flexibility index (Phi) is 5.05. The second kappa shape index (κ2) is 8.02. The lowest BCUT2D eigenvalue weighted by Gasteiger charge is -2.13. The number of para-hydroxylation sites is 1. The van der Waals surface area contributed by atoms with Crippen molar-refractivity contribution in [1.29, 1.82) is 0 Å². The van der Waals surface area contributed by atoms with Crippen molar-refractivity contribution in [3.05, 3.63) is 65.9 Å². The number of hydrogen-bond donors (Lipinski definition) is 1. The first kappa shape index (κ1) is 19.5. The molecule has 3 aromatic carbocycles. The van der Waals surface area contributed by atoms with Crippen LogP contribution >= 0.6 is 22.9 Å². The van der Waals surface area contributed by atoms with Crippen LogP contribution in [0.1, 0.15) is 0 Å². The predicted octanol–water partition coefficient (Wildman–Crippen LogP) is 6.32. The van der Waals surface area contributed by atoms with E-state index in [2.05, 4.69) is 21.4 Å². The molecule has 5 rings (SSSR count). The Balaban J connectivity index is 1.58. The van der Waals surface area contributed by atoms with E-state index in [0.29, 0.717) is 27.9 Å². The van der Waals surface area contributed by atoms with Crippen molar-refractivity contribution in [1.82, 2.24) is 15.0 Å². The number of benzene rings is 3. The maximum Gasteiger partial charge on any atom is 0.148 e. The van der Waals surface area contributed by atoms with Crippen LogP contribution in [0, 0.1) is 0 Å². The van der Waals surface area contributed by atoms with Crippen LogP contribution in [0.2, 0.25) is 5.02 Å². The van der Waals surface area contributed by atoms with Crippen molar-refractivity contribution in [3.63, 3.8) is 0 Å². The zero-order valence-corrected chi connectivity index (χ0v) is 18.3. The van der Waals surface area contributed by atoms with Crippen LogP contribution in [0.15, 0.2) is 60.9 Å². The number of hydrogen-bond acceptors (Lipinski definition) is 7. The minimum Gasteiger partial charge on any atom is -0.497 e. The van der Waals surface area contributed by atoms with Gasteiger partial charge in [0.05, 0.1) is 34.8 Å². The number of nitrogens with one attached hydrogen (secondary N) is 1. The molecule has 0 radical (unpaired) electrons. The first-order chi connectivity index (χ1) is 15.2. The zero-order chi connectivity index (χ0) is 21.4. The van der Waals surface area contributed by atoms with Crippen molar-refractivity contribution in [2.75, 3.05) is 19.5 Å². The highest BCUT2D eigenvalue weighted by Gasteiger charge is 2.14. The number of halogens is 1. The van der Waals surface area contributed by atoms with Gasteiger partial charge in [0.1, 0.15) is 34.2 Å². The maximum atomic E-state index is 6.52. The largest absolute Gasteiger partial charge is 0.497 e. The van der Waals surface area contributed by atoms with E-state index in [1.54, 1.807) is 31.6 Å². The molecule has 0 aliphatic carbocycles. The molecule has 0 atom stereocenters. The van der Waals surface area contributed by atoms with E-state index in [1.165, 1.54) is 6.33 Å². The first-order valence-electron chi connectivity index (χ1n) is 9.45. The molecule has 0 saturated heterocycles. The fraction of sp³-hybridized carbons (Fsp3) is 0.0870. The molecule has 1 N–H and O–H groups in total. The third-order valence-corrected chi connectivity index (χ3v) is 6.29. The lowest BCUT2D eigenvalue weighted by molar-refractivity contribution is 0.397. The molecule has 154 valence electrons. The number of thiazole rings is 1. The third-order valence-electron chi connectivity index (χ3n) is 4.89. The molecule has 0 spiro atoms. The maximum absolute atomic E-state index is 6.52. The number of ether oxygens (including phenoxy) is 2. The normalized spacial score (nSPS) is 11.1. The molecule has 2 aromatic heterocycles. The minimum absolute atomic E-state index is 0.617. The van der Waals surface area contributed by atoms with Crippen molar-refractivity contribution in [2.45, 2.75) is 0 Å². The number of fused-ring (bicyclic) bond motifs is 2. The van der Waals surface area contributed by atoms with Crippen LogP contribution in [-0.4, -0.2) is 29.2 Å². The summed E-state index contributed by atoms with van der Waals surface area (Å²) in [6.45, 7) is 0. The van der Waals surface area contributed by atoms with Gasteiger partial charge < -0.3 is 14.8 Å². The predicted molar refractivity (Wildman–Crippen MR) is 126 cm³/mol. The van der Waals surface area contributed by atoms with Crippen LogP contribution < -0.4 is 14.8 Å². The lowest BCUT2D eigenvalue weighted by Crippen LogP contribution is -1.98. The number of methoxy groups -OCH3 is 2. The van der Waals surface area contributed by atoms with Gasteiger partial charge in [0.15, 0.2) is 0 Å². The first-order valence-corrected chi connectivity index (χ1v) is 10.6. The zero-order valence-electron chi connectivity index (χ0n) is 16.7. The Labute approximate surface area is 187 Å². The van der Waals surface area contributed by atoms with Crippen LogP contribution in [0.25, 0.3) is 31.7 Å². The summed E-state index contributed by atoms with van der Waals surface area (Å²) in [5.41, 5.74) is 3.35. The fourth-order valence-electron chi connectivity index (χ4n) is 3.37. The molecular formula is C23H17ClN4O2S. The number of rotatable bonds is 5. The summed E-state index contributed by atoms with van der Waals surface area (Å²) >= 11 is 8.13. The second-order valence-electron chi connectivity index (χ2n) is 6.75. The molecule has 0 fully saturated rings. The summed E-state index contributed by atoms with van der Waals surface area (Å²) in [7, 11) is 3.22. The van der Waals surface area contributed by atoms with Gasteiger partial charge in [0, 0.05) is 17.3 Å². The van der Waals surface area contributed by atoms with E-state index in [4.69, 9.17) is 26.1 Å². The van der Waals surface area contributed by atoms with Crippen LogP contribution in [0.4, 0.5) is 11.5 Å². The molecule has 8 heteroatoms. The summed E-state index contributed by atoms with van der Waals surface area (Å²) in [6.07, 6.45) is 1.50. The second-order valence-corrected chi connectivity index (χ2v) is 8.19. The molecule has 0 unspecified atom stereocenters. The molecule has 6 nitrogen and oxygen atoms in total. The summed E-state index contributed by atoms with van der Waals surface area (Å²) in [5.74, 6) is 1.92. The van der Waals surface area contributed by atoms with E-state index in [1.807, 2.05) is 42.5 Å². The smallest absolute Gasteiger partial charge is 0.148 e. The molecule has 2 heterocycles. The van der Waals surface area contributed by atoms with Gasteiger partial charge in [-0.3, -0.25) is 0 Å². The van der Waals surface area contributed by atoms with Gasteiger partial charge in [-0.2, -0.15) is 0 Å². The molecule has 0 amide bonds. The Morgan fingerprint density at radius 1 is 0.968 bits per heavy atom. The van der Waals surface area contributed by atoms with Gasteiger partial charge >= 0.3 is 0 Å². The quantitative estimate of drug-likeness (QED) is 0.339. The fourth-order valence-corrected chi connectivity index (χ4v) is 4.63. The third kappa shape index (κ3) is 3.62. The van der Waals surface area contributed by atoms with Gasteiger partial charge in [-0.05, 0) is 36.4 Å². The highest BCUT2D eigenvalue weighted by atomic mass is 35.5. The van der Waals surface area contributed by atoms with Gasteiger partial charge in [-0.25, -0.2) is 15.0 Å². The Morgan fingerprint density at radius 2 is 1.84 bits per heavy atom. The number of anilines is 2. The molecule has 0 saturated carbocycles. The highest BCUT2D eigenvalue weighted by molar-refractivity contribution is 7.21. The summed E-state index contributed by atoms with van der Waals surface area (Å²) < 4.78 is 12.0.